The largest absolute Gasteiger partial charge is 0.508 e. The van der Waals surface area contributed by atoms with Crippen molar-refractivity contribution in [3.63, 3.8) is 0 Å². The molecule has 0 aliphatic heterocycles. The molecule has 0 saturated heterocycles. The van der Waals surface area contributed by atoms with Crippen molar-refractivity contribution in [3.05, 3.63) is 105 Å². The van der Waals surface area contributed by atoms with Gasteiger partial charge in [0.25, 0.3) is 0 Å². The fraction of sp³-hybridized carbons (Fsp3) is 0. The predicted octanol–water partition coefficient (Wildman–Crippen LogP) is 5.15. The maximum absolute atomic E-state index is 12.0. The number of rotatable bonds is 2. The van der Waals surface area contributed by atoms with Crippen molar-refractivity contribution >= 4 is 21.9 Å². The molecular weight excluding hydrogens is 520 g/mol. The molecule has 10 heteroatoms. The number of phenols is 6. The Bertz CT molecular complexity index is 1870. The first-order valence-corrected chi connectivity index (χ1v) is 11.7. The monoisotopic (exact) mass is 540 g/mol. The maximum atomic E-state index is 12.0. The number of aromatic hydroxyl groups is 6. The molecule has 2 heterocycles. The highest BCUT2D eigenvalue weighted by Crippen LogP contribution is 2.34. The molecule has 6 aromatic rings. The van der Waals surface area contributed by atoms with Crippen LogP contribution in [-0.4, -0.2) is 30.6 Å². The molecule has 4 aromatic carbocycles. The molecule has 10 nitrogen and oxygen atoms in total. The SMILES string of the molecule is O=c1cc(-c2ccccc2O)oc2cc(O)cc(O)c12.O=c1cc(-c2ccccc2O)oc2cc(O)cc(O)c12. The second-order valence-electron chi connectivity index (χ2n) is 8.66. The van der Waals surface area contributed by atoms with E-state index in [1.807, 2.05) is 0 Å². The standard InChI is InChI=1S/2C15H10O5/c2*16-8-5-11(18)15-12(19)7-13(20-14(15)6-8)9-3-1-2-4-10(9)17/h2*1-7,16-18H. The normalized spacial score (nSPS) is 10.8. The summed E-state index contributed by atoms with van der Waals surface area (Å²) in [6.45, 7) is 0. The third-order valence-electron chi connectivity index (χ3n) is 5.93. The van der Waals surface area contributed by atoms with Crippen molar-refractivity contribution in [2.75, 3.05) is 0 Å². The van der Waals surface area contributed by atoms with Gasteiger partial charge in [-0.05, 0) is 24.3 Å². The molecule has 0 saturated carbocycles. The molecule has 0 amide bonds. The zero-order valence-electron chi connectivity index (χ0n) is 20.4. The van der Waals surface area contributed by atoms with E-state index in [-0.39, 0.29) is 68.0 Å². The van der Waals surface area contributed by atoms with E-state index >= 15 is 0 Å². The fourth-order valence-electron chi connectivity index (χ4n) is 4.14. The number of para-hydroxylation sites is 2. The number of hydrogen-bond donors (Lipinski definition) is 6. The summed E-state index contributed by atoms with van der Waals surface area (Å²) in [5.74, 6) is -0.870. The van der Waals surface area contributed by atoms with E-state index in [4.69, 9.17) is 8.83 Å². The Morgan fingerprint density at radius 3 is 1.20 bits per heavy atom. The summed E-state index contributed by atoms with van der Waals surface area (Å²) in [4.78, 5) is 24.1. The Kier molecular flexibility index (Phi) is 6.50. The molecule has 0 atom stereocenters. The van der Waals surface area contributed by atoms with Crippen LogP contribution in [0.15, 0.2) is 103 Å². The van der Waals surface area contributed by atoms with Gasteiger partial charge < -0.3 is 39.5 Å². The van der Waals surface area contributed by atoms with Gasteiger partial charge in [0.1, 0.15) is 68.0 Å². The Hall–Kier alpha value is -5.90. The quantitative estimate of drug-likeness (QED) is 0.172. The lowest BCUT2D eigenvalue weighted by Crippen LogP contribution is -2.00. The van der Waals surface area contributed by atoms with Crippen LogP contribution in [0.4, 0.5) is 0 Å². The first-order chi connectivity index (χ1) is 19.1. The molecule has 2 aromatic heterocycles. The third kappa shape index (κ3) is 4.84. The highest BCUT2D eigenvalue weighted by molar-refractivity contribution is 5.87. The van der Waals surface area contributed by atoms with Gasteiger partial charge in [-0.15, -0.1) is 0 Å². The first kappa shape index (κ1) is 25.7. The van der Waals surface area contributed by atoms with Crippen LogP contribution in [0.5, 0.6) is 34.5 Å². The molecule has 40 heavy (non-hydrogen) atoms. The van der Waals surface area contributed by atoms with E-state index in [0.29, 0.717) is 11.1 Å². The predicted molar refractivity (Wildman–Crippen MR) is 146 cm³/mol. The van der Waals surface area contributed by atoms with Gasteiger partial charge in [0.2, 0.25) is 0 Å². The smallest absolute Gasteiger partial charge is 0.197 e. The second-order valence-corrected chi connectivity index (χ2v) is 8.66. The van der Waals surface area contributed by atoms with E-state index < -0.39 is 10.9 Å². The Balaban J connectivity index is 0.000000161. The van der Waals surface area contributed by atoms with E-state index in [1.165, 1.54) is 36.4 Å². The summed E-state index contributed by atoms with van der Waals surface area (Å²) in [5.41, 5.74) is -0.103. The summed E-state index contributed by atoms with van der Waals surface area (Å²) < 4.78 is 11.0. The van der Waals surface area contributed by atoms with Crippen LogP contribution in [0.25, 0.3) is 44.6 Å². The summed E-state index contributed by atoms with van der Waals surface area (Å²) in [6.07, 6.45) is 0. The van der Waals surface area contributed by atoms with Gasteiger partial charge in [0.05, 0.1) is 11.1 Å². The average molecular weight is 540 g/mol. The number of hydrogen-bond acceptors (Lipinski definition) is 10. The molecule has 0 aliphatic rings. The number of fused-ring (bicyclic) bond motifs is 2. The van der Waals surface area contributed by atoms with Crippen molar-refractivity contribution in [3.8, 4) is 57.1 Å². The summed E-state index contributed by atoms with van der Waals surface area (Å²) in [6, 6.07) is 19.8. The van der Waals surface area contributed by atoms with Crippen molar-refractivity contribution in [2.24, 2.45) is 0 Å². The summed E-state index contributed by atoms with van der Waals surface area (Å²) in [5, 5.41) is 57.8. The average Bonchev–Trinajstić information content (AvgIpc) is 2.88. The van der Waals surface area contributed by atoms with Crippen molar-refractivity contribution in [1.29, 1.82) is 0 Å². The minimum atomic E-state index is -0.456. The minimum absolute atomic E-state index is 0.0121. The fourth-order valence-corrected chi connectivity index (χ4v) is 4.14. The van der Waals surface area contributed by atoms with E-state index in [9.17, 15) is 40.2 Å². The molecule has 0 unspecified atom stereocenters. The zero-order valence-corrected chi connectivity index (χ0v) is 20.4. The third-order valence-corrected chi connectivity index (χ3v) is 5.93. The van der Waals surface area contributed by atoms with Crippen LogP contribution in [-0.2, 0) is 0 Å². The van der Waals surface area contributed by atoms with Gasteiger partial charge in [0, 0.05) is 36.4 Å². The Labute approximate surface area is 224 Å². The Morgan fingerprint density at radius 1 is 0.450 bits per heavy atom. The second kappa shape index (κ2) is 10.1. The molecule has 200 valence electrons. The van der Waals surface area contributed by atoms with Gasteiger partial charge in [-0.25, -0.2) is 0 Å². The Morgan fingerprint density at radius 2 is 0.825 bits per heavy atom. The van der Waals surface area contributed by atoms with Crippen LogP contribution >= 0.6 is 0 Å². The highest BCUT2D eigenvalue weighted by atomic mass is 16.3. The lowest BCUT2D eigenvalue weighted by molar-refractivity contribution is 0.450. The number of benzene rings is 4. The molecule has 0 aliphatic carbocycles. The van der Waals surface area contributed by atoms with Gasteiger partial charge in [-0.2, -0.15) is 0 Å². The molecule has 0 fully saturated rings. The molecule has 0 radical (unpaired) electrons. The molecule has 6 rings (SSSR count). The molecular formula is C30H20O10. The van der Waals surface area contributed by atoms with Gasteiger partial charge in [-0.3, -0.25) is 9.59 Å². The van der Waals surface area contributed by atoms with Crippen LogP contribution in [0.2, 0.25) is 0 Å². The van der Waals surface area contributed by atoms with Crippen LogP contribution in [0, 0.1) is 0 Å². The lowest BCUT2D eigenvalue weighted by atomic mass is 10.1. The highest BCUT2D eigenvalue weighted by Gasteiger charge is 2.15. The number of phenolic OH excluding ortho intramolecular Hbond substituents is 6. The van der Waals surface area contributed by atoms with Crippen LogP contribution < -0.4 is 10.9 Å². The summed E-state index contributed by atoms with van der Waals surface area (Å²) in [7, 11) is 0. The van der Waals surface area contributed by atoms with Crippen molar-refractivity contribution in [2.45, 2.75) is 0 Å². The van der Waals surface area contributed by atoms with Gasteiger partial charge >= 0.3 is 0 Å². The molecule has 6 N–H and O–H groups in total. The van der Waals surface area contributed by atoms with Gasteiger partial charge in [-0.1, -0.05) is 24.3 Å². The van der Waals surface area contributed by atoms with Gasteiger partial charge in [0.15, 0.2) is 10.9 Å². The van der Waals surface area contributed by atoms with E-state index in [1.54, 1.807) is 36.4 Å². The van der Waals surface area contributed by atoms with Crippen LogP contribution in [0.3, 0.4) is 0 Å². The topological polar surface area (TPSA) is 182 Å². The van der Waals surface area contributed by atoms with Crippen LogP contribution in [0.1, 0.15) is 0 Å². The van der Waals surface area contributed by atoms with Crippen molar-refractivity contribution < 1.29 is 39.5 Å². The maximum Gasteiger partial charge on any atom is 0.197 e. The molecule has 0 bridgehead atoms. The lowest BCUT2D eigenvalue weighted by Gasteiger charge is -2.06. The molecule has 0 spiro atoms. The first-order valence-electron chi connectivity index (χ1n) is 11.7. The van der Waals surface area contributed by atoms with E-state index in [0.717, 1.165) is 12.1 Å². The van der Waals surface area contributed by atoms with E-state index in [2.05, 4.69) is 0 Å². The zero-order chi connectivity index (χ0) is 28.6. The summed E-state index contributed by atoms with van der Waals surface area (Å²) >= 11 is 0. The minimum Gasteiger partial charge on any atom is -0.508 e. The van der Waals surface area contributed by atoms with Crippen molar-refractivity contribution in [1.82, 2.24) is 0 Å².